The molecule has 3 aromatic rings. The van der Waals surface area contributed by atoms with Gasteiger partial charge in [0.05, 0.1) is 18.8 Å². The highest BCUT2D eigenvalue weighted by Crippen LogP contribution is 2.15. The van der Waals surface area contributed by atoms with Crippen LogP contribution in [0.3, 0.4) is 0 Å². The number of aliphatic hydroxyl groups excluding tert-OH is 1. The largest absolute Gasteiger partial charge is 0.387 e. The number of hydrogen-bond donors (Lipinski definition) is 1. The lowest BCUT2D eigenvalue weighted by Crippen LogP contribution is -2.24. The van der Waals surface area contributed by atoms with Gasteiger partial charge in [0.15, 0.2) is 0 Å². The molecule has 108 valence electrons. The third kappa shape index (κ3) is 2.60. The van der Waals surface area contributed by atoms with Crippen LogP contribution in [0.1, 0.15) is 24.2 Å². The number of aryl methyl sites for hydroxylation is 1. The van der Waals surface area contributed by atoms with Crippen molar-refractivity contribution in [1.82, 2.24) is 14.2 Å². The molecule has 1 unspecified atom stereocenters. The van der Waals surface area contributed by atoms with Crippen LogP contribution in [0.4, 0.5) is 0 Å². The van der Waals surface area contributed by atoms with E-state index in [-0.39, 0.29) is 12.1 Å². The molecule has 1 N–H and O–H groups in total. The van der Waals surface area contributed by atoms with E-state index in [4.69, 9.17) is 0 Å². The molecule has 3 rings (SSSR count). The summed E-state index contributed by atoms with van der Waals surface area (Å²) in [6, 6.07) is 9.49. The van der Waals surface area contributed by atoms with Gasteiger partial charge in [0.25, 0.3) is 5.56 Å². The lowest BCUT2D eigenvalue weighted by molar-refractivity contribution is 0.155. The molecule has 1 aromatic carbocycles. The van der Waals surface area contributed by atoms with Crippen molar-refractivity contribution in [2.24, 2.45) is 0 Å². The van der Waals surface area contributed by atoms with E-state index >= 15 is 0 Å². The van der Waals surface area contributed by atoms with Crippen molar-refractivity contribution < 1.29 is 5.11 Å². The standard InChI is InChI=1S/C16H17N3O2/c1-2-12-3-5-13(6-4-12)15(20)11-18-9-10-19-14(16(18)21)7-8-17-19/h3-10,15,20H,2,11H2,1H3. The first-order valence-corrected chi connectivity index (χ1v) is 6.98. The molecule has 0 aliphatic carbocycles. The molecule has 5 nitrogen and oxygen atoms in total. The number of nitrogens with zero attached hydrogens (tertiary/aromatic N) is 3. The van der Waals surface area contributed by atoms with Crippen molar-refractivity contribution in [3.63, 3.8) is 0 Å². The Morgan fingerprint density at radius 2 is 1.95 bits per heavy atom. The van der Waals surface area contributed by atoms with Crippen LogP contribution < -0.4 is 5.56 Å². The number of aliphatic hydroxyl groups is 1. The average Bonchev–Trinajstić information content (AvgIpc) is 2.99. The lowest BCUT2D eigenvalue weighted by atomic mass is 10.1. The fourth-order valence-corrected chi connectivity index (χ4v) is 2.37. The van der Waals surface area contributed by atoms with E-state index in [0.717, 1.165) is 12.0 Å². The minimum atomic E-state index is -0.709. The van der Waals surface area contributed by atoms with E-state index < -0.39 is 6.10 Å². The maximum atomic E-state index is 12.2. The summed E-state index contributed by atoms with van der Waals surface area (Å²) < 4.78 is 3.04. The van der Waals surface area contributed by atoms with Crippen LogP contribution in [0.25, 0.3) is 5.52 Å². The van der Waals surface area contributed by atoms with Crippen LogP contribution >= 0.6 is 0 Å². The summed E-state index contributed by atoms with van der Waals surface area (Å²) in [5.41, 5.74) is 2.39. The Hall–Kier alpha value is -2.40. The Morgan fingerprint density at radius 3 is 2.67 bits per heavy atom. The molecule has 0 spiro atoms. The number of aromatic nitrogens is 3. The average molecular weight is 283 g/mol. The van der Waals surface area contributed by atoms with E-state index in [2.05, 4.69) is 12.0 Å². The van der Waals surface area contributed by atoms with Gasteiger partial charge in [-0.25, -0.2) is 4.52 Å². The van der Waals surface area contributed by atoms with Gasteiger partial charge in [0, 0.05) is 12.4 Å². The Labute approximate surface area is 122 Å². The second-order valence-corrected chi connectivity index (χ2v) is 5.03. The van der Waals surface area contributed by atoms with Crippen LogP contribution in [-0.2, 0) is 13.0 Å². The quantitative estimate of drug-likeness (QED) is 0.794. The Morgan fingerprint density at radius 1 is 1.19 bits per heavy atom. The van der Waals surface area contributed by atoms with E-state index in [0.29, 0.717) is 5.52 Å². The van der Waals surface area contributed by atoms with E-state index in [1.165, 1.54) is 14.6 Å². The zero-order valence-corrected chi connectivity index (χ0v) is 11.8. The fourth-order valence-electron chi connectivity index (χ4n) is 2.37. The van der Waals surface area contributed by atoms with Crippen molar-refractivity contribution >= 4 is 5.52 Å². The van der Waals surface area contributed by atoms with Gasteiger partial charge in [0.2, 0.25) is 0 Å². The minimum absolute atomic E-state index is 0.153. The highest BCUT2D eigenvalue weighted by atomic mass is 16.3. The van der Waals surface area contributed by atoms with Crippen molar-refractivity contribution in [3.8, 4) is 0 Å². The Bertz CT molecular complexity index is 802. The van der Waals surface area contributed by atoms with Gasteiger partial charge in [-0.3, -0.25) is 4.79 Å². The van der Waals surface area contributed by atoms with Gasteiger partial charge in [-0.2, -0.15) is 5.10 Å². The molecule has 0 radical (unpaired) electrons. The van der Waals surface area contributed by atoms with Crippen LogP contribution in [-0.4, -0.2) is 19.3 Å². The molecular formula is C16H17N3O2. The normalized spacial score (nSPS) is 12.7. The molecule has 5 heteroatoms. The molecule has 2 aromatic heterocycles. The fraction of sp³-hybridized carbons (Fsp3) is 0.250. The SMILES string of the molecule is CCc1ccc(C(O)Cn2ccn3nccc3c2=O)cc1. The number of benzene rings is 1. The van der Waals surface area contributed by atoms with E-state index in [9.17, 15) is 9.90 Å². The van der Waals surface area contributed by atoms with Crippen LogP contribution in [0.5, 0.6) is 0 Å². The molecule has 0 aliphatic rings. The van der Waals surface area contributed by atoms with Crippen molar-refractivity contribution in [2.45, 2.75) is 26.0 Å². The molecule has 0 amide bonds. The molecule has 21 heavy (non-hydrogen) atoms. The second-order valence-electron chi connectivity index (χ2n) is 5.03. The van der Waals surface area contributed by atoms with Crippen LogP contribution in [0.15, 0.2) is 53.7 Å². The molecule has 0 bridgehead atoms. The van der Waals surface area contributed by atoms with Crippen molar-refractivity contribution in [1.29, 1.82) is 0 Å². The molecule has 0 aliphatic heterocycles. The van der Waals surface area contributed by atoms with Gasteiger partial charge in [-0.05, 0) is 23.6 Å². The van der Waals surface area contributed by atoms with Crippen LogP contribution in [0.2, 0.25) is 0 Å². The summed E-state index contributed by atoms with van der Waals surface area (Å²) >= 11 is 0. The lowest BCUT2D eigenvalue weighted by Gasteiger charge is -2.13. The molecule has 0 saturated heterocycles. The number of fused-ring (bicyclic) bond motifs is 1. The summed E-state index contributed by atoms with van der Waals surface area (Å²) in [5.74, 6) is 0. The van der Waals surface area contributed by atoms with Gasteiger partial charge < -0.3 is 9.67 Å². The topological polar surface area (TPSA) is 59.5 Å². The second kappa shape index (κ2) is 5.54. The molecule has 0 saturated carbocycles. The number of hydrogen-bond acceptors (Lipinski definition) is 3. The molecular weight excluding hydrogens is 266 g/mol. The summed E-state index contributed by atoms with van der Waals surface area (Å²) in [7, 11) is 0. The Kier molecular flexibility index (Phi) is 3.58. The van der Waals surface area contributed by atoms with Gasteiger partial charge >= 0.3 is 0 Å². The van der Waals surface area contributed by atoms with Crippen molar-refractivity contribution in [3.05, 3.63) is 70.4 Å². The highest BCUT2D eigenvalue weighted by molar-refractivity contribution is 5.42. The summed E-state index contributed by atoms with van der Waals surface area (Å²) in [6.45, 7) is 2.32. The number of rotatable bonds is 4. The molecule has 0 fully saturated rings. The van der Waals surface area contributed by atoms with Gasteiger partial charge in [-0.15, -0.1) is 0 Å². The van der Waals surface area contributed by atoms with Gasteiger partial charge in [0.1, 0.15) is 5.52 Å². The van der Waals surface area contributed by atoms with Crippen LogP contribution in [0, 0.1) is 0 Å². The zero-order chi connectivity index (χ0) is 14.8. The minimum Gasteiger partial charge on any atom is -0.387 e. The smallest absolute Gasteiger partial charge is 0.276 e. The van der Waals surface area contributed by atoms with E-state index in [1.807, 2.05) is 24.3 Å². The maximum Gasteiger partial charge on any atom is 0.276 e. The Balaban J connectivity index is 1.86. The summed E-state index contributed by atoms with van der Waals surface area (Å²) in [6.07, 6.45) is 5.20. The third-order valence-corrected chi connectivity index (χ3v) is 3.68. The predicted molar refractivity (Wildman–Crippen MR) is 80.2 cm³/mol. The molecule has 1 atom stereocenters. The first-order chi connectivity index (χ1) is 10.2. The van der Waals surface area contributed by atoms with Gasteiger partial charge in [-0.1, -0.05) is 31.2 Å². The highest BCUT2D eigenvalue weighted by Gasteiger charge is 2.11. The van der Waals surface area contributed by atoms with E-state index in [1.54, 1.807) is 24.7 Å². The monoisotopic (exact) mass is 283 g/mol. The summed E-state index contributed by atoms with van der Waals surface area (Å²) in [5, 5.41) is 14.3. The van der Waals surface area contributed by atoms with Crippen molar-refractivity contribution in [2.75, 3.05) is 0 Å². The zero-order valence-electron chi connectivity index (χ0n) is 11.8. The predicted octanol–water partition coefficient (Wildman–Crippen LogP) is 1.79. The summed E-state index contributed by atoms with van der Waals surface area (Å²) in [4.78, 5) is 12.2. The third-order valence-electron chi connectivity index (χ3n) is 3.68. The first kappa shape index (κ1) is 13.6. The maximum absolute atomic E-state index is 12.2. The molecule has 2 heterocycles. The first-order valence-electron chi connectivity index (χ1n) is 6.98.